The fourth-order valence-electron chi connectivity index (χ4n) is 11.3. The van der Waals surface area contributed by atoms with Crippen molar-refractivity contribution in [3.63, 3.8) is 0 Å². The van der Waals surface area contributed by atoms with Gasteiger partial charge in [0.05, 0.1) is 0 Å². The highest BCUT2D eigenvalue weighted by Gasteiger charge is 2.29. The van der Waals surface area contributed by atoms with E-state index in [1.807, 2.05) is 0 Å². The van der Waals surface area contributed by atoms with Crippen LogP contribution in [0.1, 0.15) is 39.3 Å². The fraction of sp³-hybridized carbons (Fsp3) is 0.0141. The molecule has 0 atom stereocenters. The normalized spacial score (nSPS) is 11.8. The van der Waals surface area contributed by atoms with E-state index in [4.69, 9.17) is 0 Å². The summed E-state index contributed by atoms with van der Waals surface area (Å²) in [7, 11) is 0. The zero-order valence-electron chi connectivity index (χ0n) is 40.1. The standard InChI is InChI=1S/C42H25Br.C14H7BrO2.C14H9Br.CH4/c43-28-21-22-37-40(25-28)42(39-24-27-12-2-4-14-30(27)32-16-6-8-18-34(32)39)36-20-10-9-19-35(36)41(37)38-23-26-11-1-3-13-29(26)31-15-5-7-17-33(31)38;15-8-5-6-11-12(7-8)14(17)10-4-2-1-3-9(10)13(11)16;15-14-9-10-5-1-2-6-11(10)12-7-3-4-8-13(12)14;/h1-25H;1-7H;1-9H;1H4. The third kappa shape index (κ3) is 8.40. The first-order valence-electron chi connectivity index (χ1n) is 24.8. The van der Waals surface area contributed by atoms with E-state index in [0.717, 1.165) is 13.4 Å². The third-order valence-electron chi connectivity index (χ3n) is 14.7. The minimum atomic E-state index is -0.0866. The van der Waals surface area contributed by atoms with Crippen LogP contribution >= 0.6 is 47.8 Å². The van der Waals surface area contributed by atoms with Gasteiger partial charge in [0.25, 0.3) is 0 Å². The minimum Gasteiger partial charge on any atom is -0.289 e. The molecule has 2 nitrogen and oxygen atoms in total. The van der Waals surface area contributed by atoms with Crippen LogP contribution in [-0.2, 0) is 0 Å². The fourth-order valence-corrected chi connectivity index (χ4v) is 12.6. The molecule has 5 heteroatoms. The van der Waals surface area contributed by atoms with Gasteiger partial charge in [0, 0.05) is 35.7 Å². The Kier molecular flexibility index (Phi) is 13.0. The Morgan fingerprint density at radius 3 is 1.07 bits per heavy atom. The minimum absolute atomic E-state index is 0. The number of fused-ring (bicyclic) bond motifs is 13. The Bertz CT molecular complexity index is 4690. The molecule has 0 bridgehead atoms. The quantitative estimate of drug-likeness (QED) is 0.128. The Balaban J connectivity index is 0.000000144. The predicted molar refractivity (Wildman–Crippen MR) is 333 cm³/mol. The van der Waals surface area contributed by atoms with Crippen LogP contribution in [0.15, 0.2) is 262 Å². The molecule has 0 aromatic heterocycles. The second kappa shape index (κ2) is 20.2. The van der Waals surface area contributed by atoms with Crippen molar-refractivity contribution in [3.8, 4) is 22.3 Å². The van der Waals surface area contributed by atoms with E-state index >= 15 is 0 Å². The van der Waals surface area contributed by atoms with Crippen molar-refractivity contribution >= 4 is 146 Å². The summed E-state index contributed by atoms with van der Waals surface area (Å²) in [6.45, 7) is 0. The van der Waals surface area contributed by atoms with Gasteiger partial charge in [-0.15, -0.1) is 0 Å². The molecule has 15 rings (SSSR count). The molecule has 0 amide bonds. The molecule has 1 aliphatic rings. The molecule has 362 valence electrons. The lowest BCUT2D eigenvalue weighted by atomic mass is 9.82. The summed E-state index contributed by atoms with van der Waals surface area (Å²) >= 11 is 10.8. The highest BCUT2D eigenvalue weighted by Crippen LogP contribution is 2.49. The molecular formula is C71H45Br3O2. The monoisotopic (exact) mass is 1170 g/mol. The van der Waals surface area contributed by atoms with Crippen LogP contribution < -0.4 is 0 Å². The summed E-state index contributed by atoms with van der Waals surface area (Å²) in [5.41, 5.74) is 7.04. The Morgan fingerprint density at radius 2 is 0.553 bits per heavy atom. The van der Waals surface area contributed by atoms with Crippen LogP contribution in [-0.4, -0.2) is 11.6 Å². The third-order valence-corrected chi connectivity index (χ3v) is 16.3. The summed E-state index contributed by atoms with van der Waals surface area (Å²) in [6.07, 6.45) is 0. The lowest BCUT2D eigenvalue weighted by Crippen LogP contribution is -2.20. The first kappa shape index (κ1) is 48.9. The SMILES string of the molecule is Brc1cc2ccccc2c2ccccc12.Brc1ccc2c(-c3cc4ccccc4c4ccccc34)c3ccccc3c(-c3cc4ccccc4c4ccccc34)c2c1.C.O=C1c2ccccc2C(=O)c2cc(Br)ccc21. The van der Waals surface area contributed by atoms with Crippen molar-refractivity contribution in [1.82, 2.24) is 0 Å². The number of halogens is 3. The number of rotatable bonds is 2. The van der Waals surface area contributed by atoms with Gasteiger partial charge < -0.3 is 0 Å². The van der Waals surface area contributed by atoms with Crippen LogP contribution in [0.2, 0.25) is 0 Å². The van der Waals surface area contributed by atoms with E-state index in [0.29, 0.717) is 22.3 Å². The van der Waals surface area contributed by atoms with Crippen LogP contribution in [0, 0.1) is 0 Å². The Morgan fingerprint density at radius 1 is 0.224 bits per heavy atom. The van der Waals surface area contributed by atoms with Gasteiger partial charge >= 0.3 is 0 Å². The van der Waals surface area contributed by atoms with E-state index in [1.165, 1.54) is 108 Å². The van der Waals surface area contributed by atoms with Crippen molar-refractivity contribution < 1.29 is 9.59 Å². The van der Waals surface area contributed by atoms with Crippen LogP contribution in [0.5, 0.6) is 0 Å². The highest BCUT2D eigenvalue weighted by molar-refractivity contribution is 9.11. The highest BCUT2D eigenvalue weighted by atomic mass is 79.9. The summed E-state index contributed by atoms with van der Waals surface area (Å²) < 4.78 is 3.05. The zero-order valence-corrected chi connectivity index (χ0v) is 44.9. The first-order valence-corrected chi connectivity index (χ1v) is 27.2. The maximum atomic E-state index is 12.2. The van der Waals surface area contributed by atoms with Gasteiger partial charge in [-0.2, -0.15) is 0 Å². The molecule has 0 aliphatic heterocycles. The maximum absolute atomic E-state index is 12.2. The second-order valence-electron chi connectivity index (χ2n) is 18.9. The molecule has 0 unspecified atom stereocenters. The van der Waals surface area contributed by atoms with Crippen molar-refractivity contribution in [1.29, 1.82) is 0 Å². The van der Waals surface area contributed by atoms with E-state index < -0.39 is 0 Å². The topological polar surface area (TPSA) is 34.1 Å². The van der Waals surface area contributed by atoms with Gasteiger partial charge in [-0.25, -0.2) is 0 Å². The van der Waals surface area contributed by atoms with Crippen molar-refractivity contribution in [2.45, 2.75) is 7.43 Å². The smallest absolute Gasteiger partial charge is 0.194 e. The van der Waals surface area contributed by atoms with Gasteiger partial charge in [0.1, 0.15) is 0 Å². The predicted octanol–water partition coefficient (Wildman–Crippen LogP) is 21.3. The number of ketones is 2. The van der Waals surface area contributed by atoms with Crippen molar-refractivity contribution in [2.75, 3.05) is 0 Å². The number of carbonyl (C=O) groups is 2. The van der Waals surface area contributed by atoms with Crippen molar-refractivity contribution in [3.05, 3.63) is 284 Å². The summed E-state index contributed by atoms with van der Waals surface area (Å²) in [5, 5.41) is 20.4. The van der Waals surface area contributed by atoms with Crippen LogP contribution in [0.3, 0.4) is 0 Å². The number of hydrogen-bond acceptors (Lipinski definition) is 2. The molecule has 14 aromatic rings. The van der Waals surface area contributed by atoms with E-state index in [-0.39, 0.29) is 19.0 Å². The van der Waals surface area contributed by atoms with Crippen molar-refractivity contribution in [2.24, 2.45) is 0 Å². The first-order chi connectivity index (χ1) is 36.8. The largest absolute Gasteiger partial charge is 0.289 e. The van der Waals surface area contributed by atoms with E-state index in [1.54, 1.807) is 42.5 Å². The molecule has 0 fully saturated rings. The van der Waals surface area contributed by atoms with E-state index in [9.17, 15) is 9.59 Å². The lowest BCUT2D eigenvalue weighted by molar-refractivity contribution is 0.0979. The maximum Gasteiger partial charge on any atom is 0.194 e. The number of hydrogen-bond donors (Lipinski definition) is 0. The van der Waals surface area contributed by atoms with E-state index in [2.05, 4.69) is 254 Å². The molecular weight excluding hydrogens is 1120 g/mol. The average molecular weight is 1170 g/mol. The van der Waals surface area contributed by atoms with Gasteiger partial charge in [-0.3, -0.25) is 9.59 Å². The molecule has 0 heterocycles. The summed E-state index contributed by atoms with van der Waals surface area (Å²) in [4.78, 5) is 24.4. The molecule has 0 saturated carbocycles. The average Bonchev–Trinajstić information content (AvgIpc) is 3.54. The Hall–Kier alpha value is -8.06. The van der Waals surface area contributed by atoms with Crippen LogP contribution in [0.25, 0.3) is 108 Å². The molecule has 0 saturated heterocycles. The van der Waals surface area contributed by atoms with Crippen LogP contribution in [0.4, 0.5) is 0 Å². The number of benzene rings is 14. The second-order valence-corrected chi connectivity index (χ2v) is 21.6. The zero-order chi connectivity index (χ0) is 50.7. The van der Waals surface area contributed by atoms with Gasteiger partial charge in [-0.05, 0) is 157 Å². The molecule has 0 radical (unpaired) electrons. The van der Waals surface area contributed by atoms with Gasteiger partial charge in [0.2, 0.25) is 0 Å². The molecule has 14 aromatic carbocycles. The lowest BCUT2D eigenvalue weighted by Gasteiger charge is -2.21. The molecule has 1 aliphatic carbocycles. The summed E-state index contributed by atoms with van der Waals surface area (Å²) in [6, 6.07) is 87.0. The molecule has 0 N–H and O–H groups in total. The molecule has 76 heavy (non-hydrogen) atoms. The number of carbonyl (C=O) groups excluding carboxylic acids is 2. The van der Waals surface area contributed by atoms with Gasteiger partial charge in [0.15, 0.2) is 11.6 Å². The molecule has 0 spiro atoms. The Labute approximate surface area is 465 Å². The van der Waals surface area contributed by atoms with Gasteiger partial charge in [-0.1, -0.05) is 255 Å². The summed E-state index contributed by atoms with van der Waals surface area (Å²) in [5.74, 6) is -0.167.